The average molecular weight is 373 g/mol. The number of aromatic nitrogens is 1. The van der Waals surface area contributed by atoms with E-state index in [4.69, 9.17) is 10.5 Å². The summed E-state index contributed by atoms with van der Waals surface area (Å²) in [5, 5.41) is 3.00. The highest BCUT2D eigenvalue weighted by Gasteiger charge is 2.23. The van der Waals surface area contributed by atoms with E-state index in [-0.39, 0.29) is 5.91 Å². The molecular formula is C23H23N3O2. The zero-order valence-corrected chi connectivity index (χ0v) is 15.8. The second-order valence-electron chi connectivity index (χ2n) is 7.12. The van der Waals surface area contributed by atoms with Gasteiger partial charge in [0.15, 0.2) is 0 Å². The maximum absolute atomic E-state index is 12.2. The van der Waals surface area contributed by atoms with Gasteiger partial charge in [-0.05, 0) is 53.8 Å². The predicted molar refractivity (Wildman–Crippen MR) is 111 cm³/mol. The highest BCUT2D eigenvalue weighted by Crippen LogP contribution is 2.30. The van der Waals surface area contributed by atoms with Crippen molar-refractivity contribution in [1.29, 1.82) is 0 Å². The third kappa shape index (κ3) is 4.05. The minimum Gasteiger partial charge on any atom is -0.383 e. The van der Waals surface area contributed by atoms with Crippen molar-refractivity contribution < 1.29 is 9.53 Å². The quantitative estimate of drug-likeness (QED) is 0.684. The molecule has 3 aromatic rings. The van der Waals surface area contributed by atoms with Crippen LogP contribution in [0, 0.1) is 0 Å². The van der Waals surface area contributed by atoms with Crippen LogP contribution in [-0.2, 0) is 11.3 Å². The highest BCUT2D eigenvalue weighted by molar-refractivity contribution is 5.95. The van der Waals surface area contributed by atoms with E-state index in [1.807, 2.05) is 48.5 Å². The number of hydrogen-bond donors (Lipinski definition) is 2. The number of ether oxygens (including phenoxy) is 1. The van der Waals surface area contributed by atoms with E-state index in [0.717, 1.165) is 40.7 Å². The number of nitrogens with two attached hydrogens (primary N) is 1. The summed E-state index contributed by atoms with van der Waals surface area (Å²) in [5.41, 5.74) is 11.7. The summed E-state index contributed by atoms with van der Waals surface area (Å²) in [7, 11) is 1.68. The fraction of sp³-hybridized carbons (Fsp3) is 0.217. The lowest BCUT2D eigenvalue weighted by Crippen LogP contribution is -2.25. The summed E-state index contributed by atoms with van der Waals surface area (Å²) in [6, 6.07) is 18.1. The maximum atomic E-state index is 12.2. The highest BCUT2D eigenvalue weighted by atomic mass is 16.5. The first-order valence-electron chi connectivity index (χ1n) is 9.39. The Morgan fingerprint density at radius 2 is 1.89 bits per heavy atom. The molecule has 1 fully saturated rings. The van der Waals surface area contributed by atoms with E-state index in [2.05, 4.69) is 16.4 Å². The Kier molecular flexibility index (Phi) is 5.08. The van der Waals surface area contributed by atoms with Crippen molar-refractivity contribution >= 4 is 11.7 Å². The van der Waals surface area contributed by atoms with E-state index in [9.17, 15) is 4.79 Å². The average Bonchev–Trinajstić information content (AvgIpc) is 3.53. The van der Waals surface area contributed by atoms with E-state index in [0.29, 0.717) is 24.0 Å². The fourth-order valence-electron chi connectivity index (χ4n) is 3.17. The van der Waals surface area contributed by atoms with Crippen LogP contribution in [0.15, 0.2) is 60.8 Å². The van der Waals surface area contributed by atoms with E-state index in [1.165, 1.54) is 0 Å². The van der Waals surface area contributed by atoms with E-state index >= 15 is 0 Å². The standard InChI is InChI=1S/C23H23N3O2/c1-28-14-15-3-2-4-18(11-15)21-12-19(13-25-22(21)24)16-5-7-17(8-6-16)23(27)26-20-9-10-20/h2-8,11-13,20H,9-10,14H2,1H3,(H2,24,25)(H,26,27). The molecule has 1 amide bonds. The molecule has 1 heterocycles. The molecule has 1 aliphatic rings. The van der Waals surface area contributed by atoms with Crippen LogP contribution in [0.3, 0.4) is 0 Å². The molecule has 0 atom stereocenters. The summed E-state index contributed by atoms with van der Waals surface area (Å²) >= 11 is 0. The normalized spacial score (nSPS) is 13.3. The van der Waals surface area contributed by atoms with Crippen molar-refractivity contribution in [1.82, 2.24) is 10.3 Å². The van der Waals surface area contributed by atoms with Gasteiger partial charge in [0.05, 0.1) is 6.61 Å². The van der Waals surface area contributed by atoms with Crippen molar-refractivity contribution in [3.8, 4) is 22.3 Å². The van der Waals surface area contributed by atoms with Crippen molar-refractivity contribution in [2.75, 3.05) is 12.8 Å². The topological polar surface area (TPSA) is 77.2 Å². The molecule has 0 aliphatic heterocycles. The number of benzene rings is 2. The van der Waals surface area contributed by atoms with E-state index < -0.39 is 0 Å². The molecule has 0 radical (unpaired) electrons. The third-order valence-electron chi connectivity index (χ3n) is 4.86. The minimum absolute atomic E-state index is 0.0138. The van der Waals surface area contributed by atoms with Crippen LogP contribution in [0.1, 0.15) is 28.8 Å². The second-order valence-corrected chi connectivity index (χ2v) is 7.12. The zero-order chi connectivity index (χ0) is 19.5. The van der Waals surface area contributed by atoms with Crippen LogP contribution in [0.25, 0.3) is 22.3 Å². The molecule has 0 saturated heterocycles. The van der Waals surface area contributed by atoms with Gasteiger partial charge in [0.1, 0.15) is 5.82 Å². The molecule has 28 heavy (non-hydrogen) atoms. The summed E-state index contributed by atoms with van der Waals surface area (Å²) < 4.78 is 5.22. The van der Waals surface area contributed by atoms with Gasteiger partial charge in [0, 0.05) is 36.0 Å². The molecule has 0 unspecified atom stereocenters. The Morgan fingerprint density at radius 1 is 1.11 bits per heavy atom. The largest absolute Gasteiger partial charge is 0.383 e. The van der Waals surface area contributed by atoms with Gasteiger partial charge in [0.25, 0.3) is 5.91 Å². The molecular weight excluding hydrogens is 350 g/mol. The van der Waals surface area contributed by atoms with Gasteiger partial charge in [-0.1, -0.05) is 30.3 Å². The van der Waals surface area contributed by atoms with Crippen molar-refractivity contribution in [3.05, 3.63) is 71.9 Å². The van der Waals surface area contributed by atoms with Crippen molar-refractivity contribution in [2.24, 2.45) is 0 Å². The molecule has 3 N–H and O–H groups in total. The number of carbonyl (C=O) groups is 1. The van der Waals surface area contributed by atoms with Gasteiger partial charge in [-0.3, -0.25) is 4.79 Å². The number of rotatable bonds is 6. The van der Waals surface area contributed by atoms with Crippen molar-refractivity contribution in [3.63, 3.8) is 0 Å². The first kappa shape index (κ1) is 18.2. The van der Waals surface area contributed by atoms with Gasteiger partial charge in [-0.15, -0.1) is 0 Å². The van der Waals surface area contributed by atoms with Crippen LogP contribution in [-0.4, -0.2) is 24.0 Å². The molecule has 5 nitrogen and oxygen atoms in total. The Labute approximate surface area is 164 Å². The number of hydrogen-bond acceptors (Lipinski definition) is 4. The van der Waals surface area contributed by atoms with Crippen LogP contribution in [0.4, 0.5) is 5.82 Å². The number of amides is 1. The van der Waals surface area contributed by atoms with Crippen LogP contribution >= 0.6 is 0 Å². The summed E-state index contributed by atoms with van der Waals surface area (Å²) in [6.45, 7) is 0.547. The predicted octanol–water partition coefficient (Wildman–Crippen LogP) is 4.04. The third-order valence-corrected chi connectivity index (χ3v) is 4.86. The van der Waals surface area contributed by atoms with Gasteiger partial charge in [0.2, 0.25) is 0 Å². The summed E-state index contributed by atoms with van der Waals surface area (Å²) in [4.78, 5) is 16.5. The smallest absolute Gasteiger partial charge is 0.251 e. The van der Waals surface area contributed by atoms with E-state index in [1.54, 1.807) is 13.3 Å². The zero-order valence-electron chi connectivity index (χ0n) is 15.8. The summed E-state index contributed by atoms with van der Waals surface area (Å²) in [5.74, 6) is 0.471. The molecule has 1 aromatic heterocycles. The molecule has 5 heteroatoms. The lowest BCUT2D eigenvalue weighted by Gasteiger charge is -2.10. The van der Waals surface area contributed by atoms with Gasteiger partial charge in [-0.2, -0.15) is 0 Å². The fourth-order valence-corrected chi connectivity index (χ4v) is 3.17. The number of nitrogens with zero attached hydrogens (tertiary/aromatic N) is 1. The van der Waals surface area contributed by atoms with Crippen LogP contribution in [0.2, 0.25) is 0 Å². The van der Waals surface area contributed by atoms with Gasteiger partial charge < -0.3 is 15.8 Å². The van der Waals surface area contributed by atoms with Gasteiger partial charge in [-0.25, -0.2) is 4.98 Å². The van der Waals surface area contributed by atoms with Crippen molar-refractivity contribution in [2.45, 2.75) is 25.5 Å². The SMILES string of the molecule is COCc1cccc(-c2cc(-c3ccc(C(=O)NC4CC4)cc3)cnc2N)c1. The van der Waals surface area contributed by atoms with Gasteiger partial charge >= 0.3 is 0 Å². The number of nitrogens with one attached hydrogen (secondary N) is 1. The number of anilines is 1. The Balaban J connectivity index is 1.61. The first-order chi connectivity index (χ1) is 13.6. The molecule has 0 spiro atoms. The monoisotopic (exact) mass is 373 g/mol. The number of pyridine rings is 1. The lowest BCUT2D eigenvalue weighted by atomic mass is 9.99. The Hall–Kier alpha value is -3.18. The van der Waals surface area contributed by atoms with Crippen LogP contribution in [0.5, 0.6) is 0 Å². The molecule has 4 rings (SSSR count). The first-order valence-corrected chi connectivity index (χ1v) is 9.39. The number of carbonyl (C=O) groups excluding carboxylic acids is 1. The lowest BCUT2D eigenvalue weighted by molar-refractivity contribution is 0.0951. The molecule has 1 aliphatic carbocycles. The Bertz CT molecular complexity index is 995. The molecule has 0 bridgehead atoms. The molecule has 2 aromatic carbocycles. The summed E-state index contributed by atoms with van der Waals surface area (Å²) in [6.07, 6.45) is 3.92. The molecule has 1 saturated carbocycles. The minimum atomic E-state index is -0.0138. The Morgan fingerprint density at radius 3 is 2.61 bits per heavy atom. The second kappa shape index (κ2) is 7.82. The molecule has 142 valence electrons. The number of methoxy groups -OCH3 is 1. The maximum Gasteiger partial charge on any atom is 0.251 e. The van der Waals surface area contributed by atoms with Crippen LogP contribution < -0.4 is 11.1 Å². The number of nitrogen functional groups attached to an aromatic ring is 1.